The van der Waals surface area contributed by atoms with Gasteiger partial charge in [0, 0.05) is 13.2 Å². The van der Waals surface area contributed by atoms with Gasteiger partial charge in [-0.2, -0.15) is 5.10 Å². The SMILES string of the molecule is C#CC(NN)c1ccn(C)n1. The largest absolute Gasteiger partial charge is 0.275 e. The Morgan fingerprint density at radius 1 is 1.91 bits per heavy atom. The van der Waals surface area contributed by atoms with Crippen LogP contribution in [0.4, 0.5) is 0 Å². The zero-order valence-corrected chi connectivity index (χ0v) is 6.28. The lowest BCUT2D eigenvalue weighted by molar-refractivity contribution is 0.633. The third kappa shape index (κ3) is 1.58. The zero-order valence-electron chi connectivity index (χ0n) is 6.28. The summed E-state index contributed by atoms with van der Waals surface area (Å²) < 4.78 is 1.68. The maximum Gasteiger partial charge on any atom is 0.125 e. The molecule has 0 saturated carbocycles. The van der Waals surface area contributed by atoms with E-state index in [1.54, 1.807) is 4.68 Å². The van der Waals surface area contributed by atoms with E-state index in [1.165, 1.54) is 0 Å². The van der Waals surface area contributed by atoms with Crippen LogP contribution in [0.3, 0.4) is 0 Å². The molecule has 4 nitrogen and oxygen atoms in total. The Labute approximate surface area is 65.4 Å². The lowest BCUT2D eigenvalue weighted by Crippen LogP contribution is -2.27. The highest BCUT2D eigenvalue weighted by Crippen LogP contribution is 2.05. The number of nitrogens with one attached hydrogen (secondary N) is 1. The molecular weight excluding hydrogens is 140 g/mol. The number of hydrazine groups is 1. The predicted octanol–water partition coefficient (Wildman–Crippen LogP) is -0.442. The summed E-state index contributed by atoms with van der Waals surface area (Å²) in [6.07, 6.45) is 7.00. The number of terminal acetylenes is 1. The molecule has 1 rings (SSSR count). The van der Waals surface area contributed by atoms with Crippen molar-refractivity contribution < 1.29 is 0 Å². The van der Waals surface area contributed by atoms with E-state index >= 15 is 0 Å². The second-order valence-corrected chi connectivity index (χ2v) is 2.18. The van der Waals surface area contributed by atoms with Crippen LogP contribution in [0.5, 0.6) is 0 Å². The Balaban J connectivity index is 2.84. The summed E-state index contributed by atoms with van der Waals surface area (Å²) in [5, 5.41) is 4.08. The van der Waals surface area contributed by atoms with Gasteiger partial charge in [-0.05, 0) is 6.07 Å². The van der Waals surface area contributed by atoms with Gasteiger partial charge in [-0.15, -0.1) is 6.42 Å². The molecule has 0 bridgehead atoms. The Morgan fingerprint density at radius 2 is 2.64 bits per heavy atom. The molecule has 0 aliphatic carbocycles. The number of hydrogen-bond donors (Lipinski definition) is 2. The maximum absolute atomic E-state index is 5.18. The van der Waals surface area contributed by atoms with E-state index in [-0.39, 0.29) is 6.04 Å². The molecule has 0 fully saturated rings. The minimum absolute atomic E-state index is 0.295. The van der Waals surface area contributed by atoms with Gasteiger partial charge < -0.3 is 0 Å². The standard InChI is InChI=1S/C7H10N4/c1-3-6(9-8)7-4-5-11(2)10-7/h1,4-6,9H,8H2,2H3. The van der Waals surface area contributed by atoms with E-state index in [0.717, 1.165) is 5.69 Å². The number of nitrogens with zero attached hydrogens (tertiary/aromatic N) is 2. The highest BCUT2D eigenvalue weighted by atomic mass is 15.3. The number of aromatic nitrogens is 2. The first-order valence-corrected chi connectivity index (χ1v) is 3.19. The van der Waals surface area contributed by atoms with Crippen LogP contribution in [0.25, 0.3) is 0 Å². The lowest BCUT2D eigenvalue weighted by Gasteiger charge is -2.03. The van der Waals surface area contributed by atoms with Crippen LogP contribution < -0.4 is 11.3 Å². The van der Waals surface area contributed by atoms with E-state index in [0.29, 0.717) is 0 Å². The van der Waals surface area contributed by atoms with E-state index in [9.17, 15) is 0 Å². The fraction of sp³-hybridized carbons (Fsp3) is 0.286. The summed E-state index contributed by atoms with van der Waals surface area (Å²) in [5.74, 6) is 7.65. The molecule has 0 amide bonds. The third-order valence-electron chi connectivity index (χ3n) is 1.36. The molecular formula is C7H10N4. The highest BCUT2D eigenvalue weighted by molar-refractivity contribution is 5.15. The maximum atomic E-state index is 5.18. The first-order valence-electron chi connectivity index (χ1n) is 3.19. The summed E-state index contributed by atoms with van der Waals surface area (Å²) in [6.45, 7) is 0. The highest BCUT2D eigenvalue weighted by Gasteiger charge is 2.07. The molecule has 1 atom stereocenters. The average Bonchev–Trinajstić information content (AvgIpc) is 2.39. The molecule has 3 N–H and O–H groups in total. The smallest absolute Gasteiger partial charge is 0.125 e. The van der Waals surface area contributed by atoms with Crippen LogP contribution in [0.15, 0.2) is 12.3 Å². The van der Waals surface area contributed by atoms with Crippen LogP contribution >= 0.6 is 0 Å². The summed E-state index contributed by atoms with van der Waals surface area (Å²) in [4.78, 5) is 0. The van der Waals surface area contributed by atoms with Crippen molar-refractivity contribution in [2.75, 3.05) is 0 Å². The van der Waals surface area contributed by atoms with E-state index in [4.69, 9.17) is 12.3 Å². The number of hydrogen-bond acceptors (Lipinski definition) is 3. The van der Waals surface area contributed by atoms with Gasteiger partial charge in [0.05, 0.1) is 5.69 Å². The second-order valence-electron chi connectivity index (χ2n) is 2.18. The van der Waals surface area contributed by atoms with Gasteiger partial charge in [0.1, 0.15) is 6.04 Å². The first-order chi connectivity index (χ1) is 5.27. The van der Waals surface area contributed by atoms with Crippen molar-refractivity contribution in [3.8, 4) is 12.3 Å². The molecule has 4 heteroatoms. The molecule has 58 valence electrons. The van der Waals surface area contributed by atoms with Crippen molar-refractivity contribution in [2.24, 2.45) is 12.9 Å². The number of nitrogens with two attached hydrogens (primary N) is 1. The van der Waals surface area contributed by atoms with Crippen molar-refractivity contribution in [1.82, 2.24) is 15.2 Å². The molecule has 0 aliphatic heterocycles. The van der Waals surface area contributed by atoms with Gasteiger partial charge in [-0.25, -0.2) is 5.43 Å². The summed E-state index contributed by atoms with van der Waals surface area (Å²) in [6, 6.07) is 1.53. The topological polar surface area (TPSA) is 55.9 Å². The van der Waals surface area contributed by atoms with Gasteiger partial charge in [-0.1, -0.05) is 5.92 Å². The fourth-order valence-corrected chi connectivity index (χ4v) is 0.806. The van der Waals surface area contributed by atoms with Gasteiger partial charge >= 0.3 is 0 Å². The van der Waals surface area contributed by atoms with Crippen LogP contribution in [0.2, 0.25) is 0 Å². The molecule has 0 aromatic carbocycles. The Bertz CT molecular complexity index is 270. The molecule has 0 aliphatic rings. The summed E-state index contributed by atoms with van der Waals surface area (Å²) >= 11 is 0. The molecule has 1 unspecified atom stereocenters. The van der Waals surface area contributed by atoms with Crippen molar-refractivity contribution in [1.29, 1.82) is 0 Å². The van der Waals surface area contributed by atoms with Crippen molar-refractivity contribution >= 4 is 0 Å². The minimum atomic E-state index is -0.295. The van der Waals surface area contributed by atoms with Crippen molar-refractivity contribution in [2.45, 2.75) is 6.04 Å². The van der Waals surface area contributed by atoms with E-state index in [2.05, 4.69) is 16.4 Å². The lowest BCUT2D eigenvalue weighted by atomic mass is 10.2. The normalized spacial score (nSPS) is 12.5. The van der Waals surface area contributed by atoms with Crippen molar-refractivity contribution in [3.05, 3.63) is 18.0 Å². The monoisotopic (exact) mass is 150 g/mol. The van der Waals surface area contributed by atoms with Crippen LogP contribution in [0, 0.1) is 12.3 Å². The second kappa shape index (κ2) is 3.19. The number of rotatable bonds is 2. The summed E-state index contributed by atoms with van der Waals surface area (Å²) in [5.41, 5.74) is 3.23. The fourth-order valence-electron chi connectivity index (χ4n) is 0.806. The molecule has 0 spiro atoms. The molecule has 11 heavy (non-hydrogen) atoms. The first kappa shape index (κ1) is 7.79. The number of aryl methyl sites for hydroxylation is 1. The Hall–Kier alpha value is -1.31. The van der Waals surface area contributed by atoms with Crippen LogP contribution in [0.1, 0.15) is 11.7 Å². The zero-order chi connectivity index (χ0) is 8.27. The Kier molecular flexibility index (Phi) is 2.26. The molecule has 0 radical (unpaired) electrons. The van der Waals surface area contributed by atoms with Crippen LogP contribution in [-0.2, 0) is 7.05 Å². The third-order valence-corrected chi connectivity index (χ3v) is 1.36. The summed E-state index contributed by atoms with van der Waals surface area (Å²) in [7, 11) is 1.83. The van der Waals surface area contributed by atoms with Crippen molar-refractivity contribution in [3.63, 3.8) is 0 Å². The molecule has 0 saturated heterocycles. The van der Waals surface area contributed by atoms with Gasteiger partial charge in [0.25, 0.3) is 0 Å². The molecule has 1 aromatic rings. The van der Waals surface area contributed by atoms with E-state index in [1.807, 2.05) is 19.3 Å². The Morgan fingerprint density at radius 3 is 3.00 bits per heavy atom. The average molecular weight is 150 g/mol. The van der Waals surface area contributed by atoms with Gasteiger partial charge in [-0.3, -0.25) is 10.5 Å². The van der Waals surface area contributed by atoms with E-state index < -0.39 is 0 Å². The predicted molar refractivity (Wildman–Crippen MR) is 42.1 cm³/mol. The minimum Gasteiger partial charge on any atom is -0.275 e. The molecule has 1 aromatic heterocycles. The van der Waals surface area contributed by atoms with Gasteiger partial charge in [0.2, 0.25) is 0 Å². The van der Waals surface area contributed by atoms with Crippen LogP contribution in [-0.4, -0.2) is 9.78 Å². The van der Waals surface area contributed by atoms with Gasteiger partial charge in [0.15, 0.2) is 0 Å². The quantitative estimate of drug-likeness (QED) is 0.341. The molecule has 1 heterocycles.